The minimum atomic E-state index is -1.05. The van der Waals surface area contributed by atoms with Crippen molar-refractivity contribution in [2.24, 2.45) is 0 Å². The molecular formula is C13H15NO4. The highest BCUT2D eigenvalue weighted by Crippen LogP contribution is 2.37. The Hall–Kier alpha value is -2.04. The van der Waals surface area contributed by atoms with Crippen LogP contribution in [0.1, 0.15) is 30.9 Å². The third-order valence-corrected chi connectivity index (χ3v) is 3.32. The topological polar surface area (TPSA) is 77.8 Å². The van der Waals surface area contributed by atoms with Gasteiger partial charge in [0.1, 0.15) is 0 Å². The number of amides is 1. The molecule has 0 spiro atoms. The van der Waals surface area contributed by atoms with E-state index in [4.69, 9.17) is 5.11 Å². The average Bonchev–Trinajstić information content (AvgIpc) is 2.73. The second kappa shape index (κ2) is 5.08. The summed E-state index contributed by atoms with van der Waals surface area (Å²) < 4.78 is 0. The fourth-order valence-corrected chi connectivity index (χ4v) is 2.58. The summed E-state index contributed by atoms with van der Waals surface area (Å²) in [6.45, 7) is 0. The lowest BCUT2D eigenvalue weighted by Gasteiger charge is -2.27. The molecule has 0 saturated carbocycles. The quantitative estimate of drug-likeness (QED) is 0.861. The lowest BCUT2D eigenvalue weighted by Crippen LogP contribution is -2.37. The summed E-state index contributed by atoms with van der Waals surface area (Å²) in [5, 5.41) is 18.1. The summed E-state index contributed by atoms with van der Waals surface area (Å²) in [6, 6.07) is 8.70. The number of aliphatic carboxylic acids is 1. The van der Waals surface area contributed by atoms with Crippen molar-refractivity contribution in [3.05, 3.63) is 35.9 Å². The zero-order valence-electron chi connectivity index (χ0n) is 9.82. The Bertz CT molecular complexity index is 446. The number of carboxylic acids is 1. The molecule has 1 aromatic rings. The van der Waals surface area contributed by atoms with Gasteiger partial charge in [0.15, 0.2) is 0 Å². The first kappa shape index (κ1) is 12.4. The predicted octanol–water partition coefficient (Wildman–Crippen LogP) is 2.34. The van der Waals surface area contributed by atoms with E-state index in [1.54, 1.807) is 0 Å². The minimum Gasteiger partial charge on any atom is -0.481 e. The Morgan fingerprint density at radius 2 is 1.83 bits per heavy atom. The highest BCUT2D eigenvalue weighted by atomic mass is 16.4. The van der Waals surface area contributed by atoms with Crippen LogP contribution in [-0.2, 0) is 4.79 Å². The SMILES string of the molecule is O=C(O)C[C@@H]1CC[C@H](c2ccccc2)N1C(=O)O. The highest BCUT2D eigenvalue weighted by molar-refractivity contribution is 5.71. The van der Waals surface area contributed by atoms with Gasteiger partial charge in [0, 0.05) is 6.04 Å². The molecule has 2 rings (SSSR count). The monoisotopic (exact) mass is 249 g/mol. The number of benzene rings is 1. The molecule has 5 heteroatoms. The molecule has 0 bridgehead atoms. The van der Waals surface area contributed by atoms with Crippen molar-refractivity contribution in [1.82, 2.24) is 4.90 Å². The van der Waals surface area contributed by atoms with Crippen molar-refractivity contribution in [2.45, 2.75) is 31.3 Å². The number of carbonyl (C=O) groups is 2. The summed E-state index contributed by atoms with van der Waals surface area (Å²) in [7, 11) is 0. The third kappa shape index (κ3) is 2.45. The zero-order valence-corrected chi connectivity index (χ0v) is 9.82. The van der Waals surface area contributed by atoms with Gasteiger partial charge >= 0.3 is 12.1 Å². The van der Waals surface area contributed by atoms with Crippen molar-refractivity contribution < 1.29 is 19.8 Å². The van der Waals surface area contributed by atoms with Gasteiger partial charge in [-0.2, -0.15) is 0 Å². The number of hydrogen-bond donors (Lipinski definition) is 2. The van der Waals surface area contributed by atoms with Crippen LogP contribution < -0.4 is 0 Å². The summed E-state index contributed by atoms with van der Waals surface area (Å²) in [5.74, 6) is -0.958. The molecule has 1 fully saturated rings. The molecule has 2 N–H and O–H groups in total. The molecule has 1 amide bonds. The first-order chi connectivity index (χ1) is 8.59. The molecule has 1 aromatic carbocycles. The number of rotatable bonds is 3. The molecule has 1 saturated heterocycles. The zero-order chi connectivity index (χ0) is 13.1. The largest absolute Gasteiger partial charge is 0.481 e. The fraction of sp³-hybridized carbons (Fsp3) is 0.385. The van der Waals surface area contributed by atoms with Crippen molar-refractivity contribution in [3.63, 3.8) is 0 Å². The van der Waals surface area contributed by atoms with Crippen LogP contribution in [0.3, 0.4) is 0 Å². The van der Waals surface area contributed by atoms with Gasteiger partial charge in [-0.05, 0) is 18.4 Å². The molecule has 2 atom stereocenters. The van der Waals surface area contributed by atoms with Crippen LogP contribution in [0.4, 0.5) is 4.79 Å². The smallest absolute Gasteiger partial charge is 0.408 e. The van der Waals surface area contributed by atoms with E-state index >= 15 is 0 Å². The third-order valence-electron chi connectivity index (χ3n) is 3.32. The van der Waals surface area contributed by atoms with Crippen LogP contribution in [0, 0.1) is 0 Å². The molecular weight excluding hydrogens is 234 g/mol. The number of carboxylic acid groups (broad SMARTS) is 2. The van der Waals surface area contributed by atoms with Gasteiger partial charge < -0.3 is 10.2 Å². The van der Waals surface area contributed by atoms with Crippen molar-refractivity contribution in [3.8, 4) is 0 Å². The van der Waals surface area contributed by atoms with Gasteiger partial charge in [-0.1, -0.05) is 30.3 Å². The highest BCUT2D eigenvalue weighted by Gasteiger charge is 2.38. The van der Waals surface area contributed by atoms with Crippen molar-refractivity contribution >= 4 is 12.1 Å². The van der Waals surface area contributed by atoms with Crippen molar-refractivity contribution in [1.29, 1.82) is 0 Å². The molecule has 0 aliphatic carbocycles. The van der Waals surface area contributed by atoms with Crippen LogP contribution in [0.2, 0.25) is 0 Å². The first-order valence-electron chi connectivity index (χ1n) is 5.87. The second-order valence-electron chi connectivity index (χ2n) is 4.45. The van der Waals surface area contributed by atoms with Gasteiger partial charge in [-0.15, -0.1) is 0 Å². The van der Waals surface area contributed by atoms with E-state index in [9.17, 15) is 14.7 Å². The van der Waals surface area contributed by atoms with Gasteiger partial charge in [-0.3, -0.25) is 9.69 Å². The lowest BCUT2D eigenvalue weighted by molar-refractivity contribution is -0.138. The molecule has 18 heavy (non-hydrogen) atoms. The molecule has 0 radical (unpaired) electrons. The summed E-state index contributed by atoms with van der Waals surface area (Å²) in [4.78, 5) is 23.3. The number of likely N-dealkylation sites (tertiary alicyclic amines) is 1. The standard InChI is InChI=1S/C13H15NO4/c15-12(16)8-10-6-7-11(14(10)13(17)18)9-4-2-1-3-5-9/h1-5,10-11H,6-8H2,(H,15,16)(H,17,18)/t10-,11+/m0/s1. The first-order valence-corrected chi connectivity index (χ1v) is 5.87. The second-order valence-corrected chi connectivity index (χ2v) is 4.45. The normalized spacial score (nSPS) is 23.0. The Balaban J connectivity index is 2.22. The molecule has 1 aliphatic rings. The Labute approximate surface area is 105 Å². The number of hydrogen-bond acceptors (Lipinski definition) is 2. The maximum Gasteiger partial charge on any atom is 0.408 e. The molecule has 96 valence electrons. The maximum atomic E-state index is 11.3. The van der Waals surface area contributed by atoms with E-state index in [0.717, 1.165) is 5.56 Å². The van der Waals surface area contributed by atoms with Gasteiger partial charge in [0.05, 0.1) is 12.5 Å². The Morgan fingerprint density at radius 3 is 2.39 bits per heavy atom. The Morgan fingerprint density at radius 1 is 1.17 bits per heavy atom. The van der Waals surface area contributed by atoms with E-state index < -0.39 is 18.1 Å². The summed E-state index contributed by atoms with van der Waals surface area (Å²) in [6.07, 6.45) is 0.0924. The van der Waals surface area contributed by atoms with Crippen LogP contribution in [0.25, 0.3) is 0 Å². The van der Waals surface area contributed by atoms with Crippen LogP contribution in [0.5, 0.6) is 0 Å². The minimum absolute atomic E-state index is 0.129. The summed E-state index contributed by atoms with van der Waals surface area (Å²) in [5.41, 5.74) is 0.924. The summed E-state index contributed by atoms with van der Waals surface area (Å²) >= 11 is 0. The molecule has 5 nitrogen and oxygen atoms in total. The van der Waals surface area contributed by atoms with Crippen LogP contribution >= 0.6 is 0 Å². The van der Waals surface area contributed by atoms with E-state index in [0.29, 0.717) is 12.8 Å². The predicted molar refractivity (Wildman–Crippen MR) is 64.3 cm³/mol. The Kier molecular flexibility index (Phi) is 3.50. The van der Waals surface area contributed by atoms with E-state index in [1.807, 2.05) is 30.3 Å². The molecule has 0 aromatic heterocycles. The lowest BCUT2D eigenvalue weighted by atomic mass is 10.1. The number of nitrogens with zero attached hydrogens (tertiary/aromatic N) is 1. The maximum absolute atomic E-state index is 11.3. The van der Waals surface area contributed by atoms with Crippen molar-refractivity contribution in [2.75, 3.05) is 0 Å². The molecule has 0 unspecified atom stereocenters. The van der Waals surface area contributed by atoms with Gasteiger partial charge in [0.25, 0.3) is 0 Å². The van der Waals surface area contributed by atoms with Crippen LogP contribution in [0.15, 0.2) is 30.3 Å². The van der Waals surface area contributed by atoms with E-state index in [2.05, 4.69) is 0 Å². The average molecular weight is 249 g/mol. The molecule has 1 aliphatic heterocycles. The fourth-order valence-electron chi connectivity index (χ4n) is 2.58. The van der Waals surface area contributed by atoms with Gasteiger partial charge in [-0.25, -0.2) is 4.79 Å². The van der Waals surface area contributed by atoms with Crippen LogP contribution in [-0.4, -0.2) is 33.2 Å². The molecule has 1 heterocycles. The van der Waals surface area contributed by atoms with E-state index in [1.165, 1.54) is 4.90 Å². The van der Waals surface area contributed by atoms with Gasteiger partial charge in [0.2, 0.25) is 0 Å². The van der Waals surface area contributed by atoms with E-state index in [-0.39, 0.29) is 12.5 Å².